The van der Waals surface area contributed by atoms with Crippen molar-refractivity contribution in [2.75, 3.05) is 0 Å². The third kappa shape index (κ3) is 3.74. The van der Waals surface area contributed by atoms with Crippen molar-refractivity contribution in [3.8, 4) is 11.3 Å². The molecule has 0 radical (unpaired) electrons. The zero-order valence-corrected chi connectivity index (χ0v) is 20.0. The van der Waals surface area contributed by atoms with Gasteiger partial charge in [-0.05, 0) is 55.4 Å². The fraction of sp³-hybridized carbons (Fsp3) is 0.444. The number of rotatable bonds is 6. The number of fused-ring (bicyclic) bond motifs is 2. The number of aryl methyl sites for hydroxylation is 2. The van der Waals surface area contributed by atoms with Crippen LogP contribution >= 0.6 is 0 Å². The first kappa shape index (κ1) is 22.3. The van der Waals surface area contributed by atoms with Crippen LogP contribution in [-0.2, 0) is 13.6 Å². The Balaban J connectivity index is 1.76. The number of carbonyl (C=O) groups is 1. The van der Waals surface area contributed by atoms with E-state index < -0.39 is 0 Å². The van der Waals surface area contributed by atoms with E-state index in [-0.39, 0.29) is 17.5 Å². The van der Waals surface area contributed by atoms with Crippen molar-refractivity contribution in [1.82, 2.24) is 14.5 Å². The number of carbonyl (C=O) groups excluding carboxylic acids is 1. The quantitative estimate of drug-likeness (QED) is 0.530. The van der Waals surface area contributed by atoms with Crippen LogP contribution in [0.3, 0.4) is 0 Å². The van der Waals surface area contributed by atoms with Gasteiger partial charge in [0.05, 0.1) is 11.0 Å². The van der Waals surface area contributed by atoms with Crippen LogP contribution in [0.15, 0.2) is 41.2 Å². The van der Waals surface area contributed by atoms with Gasteiger partial charge >= 0.3 is 0 Å². The van der Waals surface area contributed by atoms with E-state index in [1.165, 1.54) is 0 Å². The topological polar surface area (TPSA) is 55.2 Å². The highest BCUT2D eigenvalue weighted by Crippen LogP contribution is 2.34. The Morgan fingerprint density at radius 2 is 1.66 bits per heavy atom. The van der Waals surface area contributed by atoms with E-state index in [1.807, 2.05) is 48.2 Å². The molecule has 1 amide bonds. The van der Waals surface area contributed by atoms with E-state index in [9.17, 15) is 9.59 Å². The van der Waals surface area contributed by atoms with Gasteiger partial charge in [0.15, 0.2) is 0 Å². The first-order chi connectivity index (χ1) is 15.2. The van der Waals surface area contributed by atoms with Gasteiger partial charge in [0, 0.05) is 30.8 Å². The van der Waals surface area contributed by atoms with E-state index in [4.69, 9.17) is 4.98 Å². The number of amides is 1. The van der Waals surface area contributed by atoms with Crippen molar-refractivity contribution in [1.29, 1.82) is 0 Å². The van der Waals surface area contributed by atoms with Gasteiger partial charge in [0.2, 0.25) is 0 Å². The maximum Gasteiger partial charge on any atom is 0.277 e. The molecule has 0 spiro atoms. The molecule has 3 aromatic rings. The largest absolute Gasteiger partial charge is 0.331 e. The van der Waals surface area contributed by atoms with Crippen LogP contribution in [0.5, 0.6) is 0 Å². The molecule has 5 heteroatoms. The van der Waals surface area contributed by atoms with Crippen molar-refractivity contribution in [2.45, 2.75) is 60.0 Å². The summed E-state index contributed by atoms with van der Waals surface area (Å²) in [5, 5.41) is 0. The lowest BCUT2D eigenvalue weighted by Gasteiger charge is -2.30. The minimum atomic E-state index is -0.138. The smallest absolute Gasteiger partial charge is 0.277 e. The third-order valence-electron chi connectivity index (χ3n) is 7.07. The number of hydrogen-bond donors (Lipinski definition) is 0. The van der Waals surface area contributed by atoms with Gasteiger partial charge in [-0.1, -0.05) is 51.5 Å². The standard InChI is InChI=1S/C27H33N3O2/c1-16(2)13-14-17(3)19(5)30-15-22-20(10-8-11-21(22)26(30)31)25-27(32)29(6)23-12-7-9-18(4)24(23)28-25/h7-12,16-17,19H,13-15H2,1-6H3. The van der Waals surface area contributed by atoms with E-state index in [0.717, 1.165) is 40.6 Å². The molecule has 0 N–H and O–H groups in total. The van der Waals surface area contributed by atoms with E-state index in [0.29, 0.717) is 29.6 Å². The normalized spacial score (nSPS) is 15.5. The van der Waals surface area contributed by atoms with Crippen LogP contribution in [0.2, 0.25) is 0 Å². The van der Waals surface area contributed by atoms with Crippen molar-refractivity contribution in [3.63, 3.8) is 0 Å². The highest BCUT2D eigenvalue weighted by Gasteiger charge is 2.35. The van der Waals surface area contributed by atoms with Gasteiger partial charge in [-0.3, -0.25) is 9.59 Å². The number of para-hydroxylation sites is 1. The Morgan fingerprint density at radius 1 is 0.969 bits per heavy atom. The highest BCUT2D eigenvalue weighted by atomic mass is 16.2. The second kappa shape index (κ2) is 8.53. The second-order valence-corrected chi connectivity index (χ2v) is 9.72. The van der Waals surface area contributed by atoms with Crippen molar-refractivity contribution >= 4 is 16.9 Å². The maximum absolute atomic E-state index is 13.3. The predicted octanol–water partition coefficient (Wildman–Crippen LogP) is 5.33. The first-order valence-electron chi connectivity index (χ1n) is 11.6. The van der Waals surface area contributed by atoms with E-state index >= 15 is 0 Å². The minimum Gasteiger partial charge on any atom is -0.331 e. The zero-order chi connectivity index (χ0) is 23.2. The summed E-state index contributed by atoms with van der Waals surface area (Å²) >= 11 is 0. The average molecular weight is 432 g/mol. The van der Waals surface area contributed by atoms with Crippen LogP contribution in [-0.4, -0.2) is 26.4 Å². The molecule has 0 saturated heterocycles. The van der Waals surface area contributed by atoms with Gasteiger partial charge in [0.25, 0.3) is 11.5 Å². The molecule has 32 heavy (non-hydrogen) atoms. The average Bonchev–Trinajstić information content (AvgIpc) is 3.11. The highest BCUT2D eigenvalue weighted by molar-refractivity contribution is 6.00. The maximum atomic E-state index is 13.3. The number of aromatic nitrogens is 2. The van der Waals surface area contributed by atoms with Gasteiger partial charge in [-0.2, -0.15) is 0 Å². The third-order valence-corrected chi connectivity index (χ3v) is 7.07. The fourth-order valence-corrected chi connectivity index (χ4v) is 4.71. The summed E-state index contributed by atoms with van der Waals surface area (Å²) in [4.78, 5) is 33.3. The van der Waals surface area contributed by atoms with Crippen molar-refractivity contribution in [2.24, 2.45) is 18.9 Å². The van der Waals surface area contributed by atoms with E-state index in [2.05, 4.69) is 27.7 Å². The van der Waals surface area contributed by atoms with Gasteiger partial charge in [-0.25, -0.2) is 4.98 Å². The molecule has 2 unspecified atom stereocenters. The molecule has 1 aromatic heterocycles. The first-order valence-corrected chi connectivity index (χ1v) is 11.6. The molecule has 1 aliphatic rings. The van der Waals surface area contributed by atoms with Crippen molar-refractivity contribution in [3.05, 3.63) is 63.4 Å². The van der Waals surface area contributed by atoms with Crippen LogP contribution < -0.4 is 5.56 Å². The molecular weight excluding hydrogens is 398 g/mol. The summed E-state index contributed by atoms with van der Waals surface area (Å²) in [6, 6.07) is 11.7. The molecule has 4 rings (SSSR count). The van der Waals surface area contributed by atoms with Gasteiger partial charge < -0.3 is 9.47 Å². The lowest BCUT2D eigenvalue weighted by molar-refractivity contribution is 0.0656. The molecule has 2 heterocycles. The summed E-state index contributed by atoms with van der Waals surface area (Å²) in [5.74, 6) is 1.12. The molecule has 168 valence electrons. The predicted molar refractivity (Wildman–Crippen MR) is 130 cm³/mol. The lowest BCUT2D eigenvalue weighted by atomic mass is 9.93. The van der Waals surface area contributed by atoms with Crippen LogP contribution in [0.25, 0.3) is 22.3 Å². The van der Waals surface area contributed by atoms with Crippen molar-refractivity contribution < 1.29 is 4.79 Å². The Labute approximate surface area is 190 Å². The lowest BCUT2D eigenvalue weighted by Crippen LogP contribution is -2.37. The minimum absolute atomic E-state index is 0.0551. The van der Waals surface area contributed by atoms with Crippen LogP contribution in [0, 0.1) is 18.8 Å². The molecule has 0 fully saturated rings. The summed E-state index contributed by atoms with van der Waals surface area (Å²) in [5.41, 5.74) is 5.32. The SMILES string of the molecule is Cc1cccc2c1nc(-c1cccc3c1CN(C(C)C(C)CCC(C)C)C3=O)c(=O)n2C. The molecule has 5 nitrogen and oxygen atoms in total. The molecule has 0 saturated carbocycles. The Bertz CT molecular complexity index is 1240. The Kier molecular flexibility index (Phi) is 5.93. The van der Waals surface area contributed by atoms with Gasteiger partial charge in [0.1, 0.15) is 5.69 Å². The van der Waals surface area contributed by atoms with E-state index in [1.54, 1.807) is 11.6 Å². The number of nitrogens with zero attached hydrogens (tertiary/aromatic N) is 3. The van der Waals surface area contributed by atoms with Gasteiger partial charge in [-0.15, -0.1) is 0 Å². The summed E-state index contributed by atoms with van der Waals surface area (Å²) in [6.07, 6.45) is 2.25. The monoisotopic (exact) mass is 431 g/mol. The van der Waals surface area contributed by atoms with Crippen LogP contribution in [0.1, 0.15) is 62.0 Å². The summed E-state index contributed by atoms with van der Waals surface area (Å²) < 4.78 is 1.66. The number of benzene rings is 2. The fourth-order valence-electron chi connectivity index (χ4n) is 4.71. The summed E-state index contributed by atoms with van der Waals surface area (Å²) in [6.45, 7) is 11.4. The zero-order valence-electron chi connectivity index (χ0n) is 20.0. The molecule has 0 bridgehead atoms. The Morgan fingerprint density at radius 3 is 2.38 bits per heavy atom. The summed E-state index contributed by atoms with van der Waals surface area (Å²) in [7, 11) is 1.79. The van der Waals surface area contributed by atoms with Crippen LogP contribution in [0.4, 0.5) is 0 Å². The second-order valence-electron chi connectivity index (χ2n) is 9.72. The molecule has 1 aliphatic heterocycles. The molecule has 2 atom stereocenters. The number of hydrogen-bond acceptors (Lipinski definition) is 3. The molecule has 0 aliphatic carbocycles. The molecule has 2 aromatic carbocycles. The molecular formula is C27H33N3O2. The Hall–Kier alpha value is -2.95.